The van der Waals surface area contributed by atoms with Crippen LogP contribution in [0.1, 0.15) is 22.6 Å². The van der Waals surface area contributed by atoms with Crippen LogP contribution >= 0.6 is 0 Å². The maximum Gasteiger partial charge on any atom is 0.433 e. The monoisotopic (exact) mass is 464 g/mol. The van der Waals surface area contributed by atoms with E-state index in [-0.39, 0.29) is 24.4 Å². The first kappa shape index (κ1) is 21.4. The Labute approximate surface area is 182 Å². The lowest BCUT2D eigenvalue weighted by Gasteiger charge is -2.40. The minimum absolute atomic E-state index is 0.164. The third-order valence-electron chi connectivity index (χ3n) is 5.64. The second-order valence-electron chi connectivity index (χ2n) is 7.76. The fourth-order valence-corrected chi connectivity index (χ4v) is 3.74. The molecule has 0 spiro atoms. The normalized spacial score (nSPS) is 16.1. The Morgan fingerprint density at radius 2 is 1.52 bits per heavy atom. The average Bonchev–Trinajstić information content (AvgIpc) is 3.16. The van der Waals surface area contributed by atoms with Crippen molar-refractivity contribution >= 4 is 11.2 Å². The second-order valence-corrected chi connectivity index (χ2v) is 7.76. The molecule has 1 saturated heterocycles. The molecule has 1 aliphatic heterocycles. The topological polar surface area (TPSA) is 63.7 Å². The first-order chi connectivity index (χ1) is 15.6. The summed E-state index contributed by atoms with van der Waals surface area (Å²) in [6, 6.07) is 10.3. The minimum Gasteiger partial charge on any atom is -0.378 e. The molecule has 5 nitrogen and oxygen atoms in total. The predicted octanol–water partition coefficient (Wildman–Crippen LogP) is 5.37. The molecule has 5 rings (SSSR count). The van der Waals surface area contributed by atoms with Gasteiger partial charge in [-0.05, 0) is 23.3 Å². The summed E-state index contributed by atoms with van der Waals surface area (Å²) in [6.07, 6.45) is -7.14. The number of rotatable bonds is 3. The second kappa shape index (κ2) is 7.27. The Kier molecular flexibility index (Phi) is 4.71. The van der Waals surface area contributed by atoms with Crippen molar-refractivity contribution in [3.63, 3.8) is 0 Å². The fraction of sp³-hybridized carbons (Fsp3) is 0.227. The van der Waals surface area contributed by atoms with Gasteiger partial charge in [0.1, 0.15) is 11.5 Å². The molecular weight excluding hydrogens is 450 g/mol. The Balaban J connectivity index is 1.47. The van der Waals surface area contributed by atoms with Crippen LogP contribution < -0.4 is 0 Å². The van der Waals surface area contributed by atoms with Crippen LogP contribution in [0, 0.1) is 0 Å². The standard InChI is InChI=1S/C22H14F6N4O/c23-21(24,25)15-7-16-18(30-9-15)32-19(31-16)20(10-33-11-20)14-4-1-12(2-5-14)13-3-6-17(29-8-13)22(26,27)28/h1-9H,10-11H2,(H,30,31,32). The molecular formula is C22H14F6N4O. The Hall–Kier alpha value is -3.47. The molecule has 0 saturated carbocycles. The number of aromatic amines is 1. The van der Waals surface area contributed by atoms with Gasteiger partial charge in [0.2, 0.25) is 0 Å². The molecule has 0 amide bonds. The fourth-order valence-electron chi connectivity index (χ4n) is 3.74. The molecule has 3 aromatic heterocycles. The number of nitrogens with zero attached hydrogens (tertiary/aromatic N) is 3. The van der Waals surface area contributed by atoms with E-state index in [1.165, 1.54) is 6.07 Å². The summed E-state index contributed by atoms with van der Waals surface area (Å²) in [7, 11) is 0. The highest BCUT2D eigenvalue weighted by molar-refractivity contribution is 5.72. The number of benzene rings is 1. The van der Waals surface area contributed by atoms with Crippen molar-refractivity contribution in [1.29, 1.82) is 0 Å². The number of nitrogens with one attached hydrogen (secondary N) is 1. The summed E-state index contributed by atoms with van der Waals surface area (Å²) < 4.78 is 82.6. The van der Waals surface area contributed by atoms with Gasteiger partial charge >= 0.3 is 12.4 Å². The lowest BCUT2D eigenvalue weighted by atomic mass is 9.77. The van der Waals surface area contributed by atoms with Gasteiger partial charge in [0.05, 0.1) is 29.7 Å². The van der Waals surface area contributed by atoms with Gasteiger partial charge in [0.15, 0.2) is 5.65 Å². The van der Waals surface area contributed by atoms with Crippen LogP contribution in [0.4, 0.5) is 26.3 Å². The van der Waals surface area contributed by atoms with E-state index < -0.39 is 29.0 Å². The van der Waals surface area contributed by atoms with Crippen LogP contribution in [-0.2, 0) is 22.5 Å². The van der Waals surface area contributed by atoms with E-state index in [1.807, 2.05) is 0 Å². The molecule has 33 heavy (non-hydrogen) atoms. The lowest BCUT2D eigenvalue weighted by Crippen LogP contribution is -2.48. The minimum atomic E-state index is -4.52. The summed E-state index contributed by atoms with van der Waals surface area (Å²) in [4.78, 5) is 14.6. The first-order valence-electron chi connectivity index (χ1n) is 9.72. The average molecular weight is 464 g/mol. The van der Waals surface area contributed by atoms with Gasteiger partial charge in [-0.15, -0.1) is 0 Å². The Morgan fingerprint density at radius 1 is 0.818 bits per heavy atom. The van der Waals surface area contributed by atoms with E-state index in [2.05, 4.69) is 19.9 Å². The zero-order valence-electron chi connectivity index (χ0n) is 16.6. The molecule has 170 valence electrons. The highest BCUT2D eigenvalue weighted by atomic mass is 19.4. The molecule has 4 heterocycles. The van der Waals surface area contributed by atoms with Crippen LogP contribution in [0.25, 0.3) is 22.3 Å². The zero-order valence-corrected chi connectivity index (χ0v) is 16.6. The molecule has 1 aliphatic rings. The quantitative estimate of drug-likeness (QED) is 0.414. The number of hydrogen-bond acceptors (Lipinski definition) is 4. The number of hydrogen-bond donors (Lipinski definition) is 1. The lowest BCUT2D eigenvalue weighted by molar-refractivity contribution is -0.141. The van der Waals surface area contributed by atoms with Crippen molar-refractivity contribution in [2.45, 2.75) is 17.8 Å². The van der Waals surface area contributed by atoms with E-state index in [1.54, 1.807) is 24.3 Å². The number of alkyl halides is 6. The van der Waals surface area contributed by atoms with Crippen LogP contribution in [-0.4, -0.2) is 33.1 Å². The summed E-state index contributed by atoms with van der Waals surface area (Å²) in [6.45, 7) is 0.528. The van der Waals surface area contributed by atoms with Gasteiger partial charge in [0.25, 0.3) is 0 Å². The summed E-state index contributed by atoms with van der Waals surface area (Å²) in [5, 5.41) is 0. The van der Waals surface area contributed by atoms with Gasteiger partial charge < -0.3 is 9.72 Å². The molecule has 0 bridgehead atoms. The number of halogens is 6. The van der Waals surface area contributed by atoms with Gasteiger partial charge in [-0.3, -0.25) is 4.98 Å². The maximum atomic E-state index is 13.0. The SMILES string of the molecule is FC(F)(F)c1cnc2nc(C3(c4ccc(-c5ccc(C(F)(F)F)nc5)cc4)COC3)[nH]c2c1. The third kappa shape index (κ3) is 3.71. The molecule has 4 aromatic rings. The molecule has 0 atom stereocenters. The summed E-state index contributed by atoms with van der Waals surface area (Å²) in [5.74, 6) is 0.430. The maximum absolute atomic E-state index is 13.0. The van der Waals surface area contributed by atoms with E-state index in [9.17, 15) is 26.3 Å². The number of pyridine rings is 2. The van der Waals surface area contributed by atoms with Gasteiger partial charge in [-0.1, -0.05) is 30.3 Å². The summed E-state index contributed by atoms with van der Waals surface area (Å²) in [5.41, 5.74) is -0.241. The first-order valence-corrected chi connectivity index (χ1v) is 9.72. The van der Waals surface area contributed by atoms with E-state index in [0.29, 0.717) is 17.0 Å². The molecule has 1 N–H and O–H groups in total. The third-order valence-corrected chi connectivity index (χ3v) is 5.64. The van der Waals surface area contributed by atoms with Crippen molar-refractivity contribution in [3.05, 3.63) is 77.5 Å². The van der Waals surface area contributed by atoms with Gasteiger partial charge in [-0.2, -0.15) is 26.3 Å². The van der Waals surface area contributed by atoms with Crippen LogP contribution in [0.3, 0.4) is 0 Å². The van der Waals surface area contributed by atoms with Crippen molar-refractivity contribution in [3.8, 4) is 11.1 Å². The van der Waals surface area contributed by atoms with E-state index >= 15 is 0 Å². The molecule has 1 fully saturated rings. The Morgan fingerprint density at radius 3 is 2.06 bits per heavy atom. The van der Waals surface area contributed by atoms with Crippen molar-refractivity contribution < 1.29 is 31.1 Å². The van der Waals surface area contributed by atoms with Gasteiger partial charge in [0, 0.05) is 18.0 Å². The van der Waals surface area contributed by atoms with Crippen molar-refractivity contribution in [2.75, 3.05) is 13.2 Å². The largest absolute Gasteiger partial charge is 0.433 e. The van der Waals surface area contributed by atoms with E-state index in [4.69, 9.17) is 4.74 Å². The highest BCUT2D eigenvalue weighted by Gasteiger charge is 2.45. The number of ether oxygens (including phenoxy) is 1. The Bertz CT molecular complexity index is 1310. The van der Waals surface area contributed by atoms with Crippen molar-refractivity contribution in [1.82, 2.24) is 19.9 Å². The van der Waals surface area contributed by atoms with E-state index in [0.717, 1.165) is 30.1 Å². The molecule has 0 radical (unpaired) electrons. The summed E-state index contributed by atoms with van der Waals surface area (Å²) >= 11 is 0. The molecule has 11 heteroatoms. The smallest absolute Gasteiger partial charge is 0.378 e. The number of aromatic nitrogens is 4. The number of fused-ring (bicyclic) bond motifs is 1. The van der Waals surface area contributed by atoms with Gasteiger partial charge in [-0.25, -0.2) is 9.97 Å². The highest BCUT2D eigenvalue weighted by Crippen LogP contribution is 2.40. The molecule has 0 aliphatic carbocycles. The number of H-pyrrole nitrogens is 1. The predicted molar refractivity (Wildman–Crippen MR) is 105 cm³/mol. The molecule has 0 unspecified atom stereocenters. The van der Waals surface area contributed by atoms with Crippen LogP contribution in [0.2, 0.25) is 0 Å². The van der Waals surface area contributed by atoms with Crippen LogP contribution in [0.15, 0.2) is 54.9 Å². The number of imidazole rings is 1. The van der Waals surface area contributed by atoms with Crippen molar-refractivity contribution in [2.24, 2.45) is 0 Å². The zero-order chi connectivity index (χ0) is 23.4. The van der Waals surface area contributed by atoms with Crippen LogP contribution in [0.5, 0.6) is 0 Å². The molecule has 1 aromatic carbocycles.